The largest absolute Gasteiger partial charge is 0.368 e. The Hall–Kier alpha value is -1.16. The lowest BCUT2D eigenvalue weighted by molar-refractivity contribution is -0.0393. The molecule has 1 aromatic heterocycles. The molecular weight excluding hydrogens is 204 g/mol. The van der Waals surface area contributed by atoms with Crippen LogP contribution in [0.1, 0.15) is 45.6 Å². The van der Waals surface area contributed by atoms with Gasteiger partial charge in [-0.15, -0.1) is 0 Å². The molecule has 90 valence electrons. The van der Waals surface area contributed by atoms with E-state index in [9.17, 15) is 4.79 Å². The molecule has 4 heteroatoms. The average molecular weight is 224 g/mol. The number of aromatic amines is 1. The van der Waals surface area contributed by atoms with Crippen molar-refractivity contribution in [2.45, 2.75) is 46.1 Å². The number of H-pyrrole nitrogens is 1. The minimum Gasteiger partial charge on any atom is -0.368 e. The Morgan fingerprint density at radius 1 is 1.44 bits per heavy atom. The van der Waals surface area contributed by atoms with Gasteiger partial charge in [-0.1, -0.05) is 13.8 Å². The zero-order chi connectivity index (χ0) is 12.2. The van der Waals surface area contributed by atoms with Crippen LogP contribution in [0.5, 0.6) is 0 Å². The molecule has 4 nitrogen and oxygen atoms in total. The predicted octanol–water partition coefficient (Wildman–Crippen LogP) is 1.99. The molecule has 0 aliphatic heterocycles. The van der Waals surface area contributed by atoms with Crippen LogP contribution in [0.3, 0.4) is 0 Å². The van der Waals surface area contributed by atoms with E-state index in [0.717, 1.165) is 18.5 Å². The summed E-state index contributed by atoms with van der Waals surface area (Å²) in [6, 6.07) is 1.53. The van der Waals surface area contributed by atoms with Gasteiger partial charge in [0.1, 0.15) is 11.4 Å². The molecule has 16 heavy (non-hydrogen) atoms. The van der Waals surface area contributed by atoms with Gasteiger partial charge in [0.25, 0.3) is 5.56 Å². The highest BCUT2D eigenvalue weighted by Gasteiger charge is 2.27. The third kappa shape index (κ3) is 2.70. The molecule has 1 heterocycles. The third-order valence-corrected chi connectivity index (χ3v) is 2.80. The van der Waals surface area contributed by atoms with E-state index in [1.807, 2.05) is 27.7 Å². The van der Waals surface area contributed by atoms with Gasteiger partial charge in [-0.25, -0.2) is 4.98 Å². The van der Waals surface area contributed by atoms with Crippen molar-refractivity contribution >= 4 is 0 Å². The summed E-state index contributed by atoms with van der Waals surface area (Å²) in [5, 5.41) is 0. The number of aromatic nitrogens is 2. The first-order valence-corrected chi connectivity index (χ1v) is 5.80. The smallest absolute Gasteiger partial charge is 0.251 e. The van der Waals surface area contributed by atoms with Gasteiger partial charge in [0.15, 0.2) is 0 Å². The number of hydrogen-bond donors (Lipinski definition) is 1. The van der Waals surface area contributed by atoms with Gasteiger partial charge < -0.3 is 9.72 Å². The van der Waals surface area contributed by atoms with Crippen LogP contribution in [-0.2, 0) is 16.8 Å². The highest BCUT2D eigenvalue weighted by atomic mass is 16.5. The molecule has 0 radical (unpaired) electrons. The summed E-state index contributed by atoms with van der Waals surface area (Å²) < 4.78 is 5.69. The molecule has 1 atom stereocenters. The van der Waals surface area contributed by atoms with Crippen molar-refractivity contribution in [2.24, 2.45) is 0 Å². The molecule has 0 saturated heterocycles. The van der Waals surface area contributed by atoms with Gasteiger partial charge in [0, 0.05) is 18.4 Å². The summed E-state index contributed by atoms with van der Waals surface area (Å²) in [4.78, 5) is 18.7. The van der Waals surface area contributed by atoms with E-state index in [1.54, 1.807) is 0 Å². The first-order valence-electron chi connectivity index (χ1n) is 5.80. The number of nitrogens with one attached hydrogen (secondary N) is 1. The van der Waals surface area contributed by atoms with E-state index in [2.05, 4.69) is 9.97 Å². The minimum atomic E-state index is -0.501. The van der Waals surface area contributed by atoms with Crippen LogP contribution in [0.15, 0.2) is 10.9 Å². The Balaban J connectivity index is 3.19. The molecule has 0 aliphatic rings. The van der Waals surface area contributed by atoms with Gasteiger partial charge >= 0.3 is 0 Å². The topological polar surface area (TPSA) is 55.0 Å². The number of ether oxygens (including phenoxy) is 1. The van der Waals surface area contributed by atoms with Crippen molar-refractivity contribution in [2.75, 3.05) is 6.61 Å². The highest BCUT2D eigenvalue weighted by Crippen LogP contribution is 2.25. The van der Waals surface area contributed by atoms with Crippen LogP contribution >= 0.6 is 0 Å². The Morgan fingerprint density at radius 2 is 2.12 bits per heavy atom. The van der Waals surface area contributed by atoms with Crippen LogP contribution in [0.4, 0.5) is 0 Å². The monoisotopic (exact) mass is 224 g/mol. The molecule has 0 spiro atoms. The van der Waals surface area contributed by atoms with Gasteiger partial charge in [-0.05, 0) is 26.7 Å². The Labute approximate surface area is 96.1 Å². The molecule has 1 rings (SSSR count). The summed E-state index contributed by atoms with van der Waals surface area (Å²) in [7, 11) is 0. The maximum Gasteiger partial charge on any atom is 0.251 e. The Morgan fingerprint density at radius 3 is 2.62 bits per heavy atom. The quantitative estimate of drug-likeness (QED) is 0.832. The first-order chi connectivity index (χ1) is 7.55. The van der Waals surface area contributed by atoms with Crippen molar-refractivity contribution in [1.82, 2.24) is 9.97 Å². The average Bonchev–Trinajstić information content (AvgIpc) is 2.28. The van der Waals surface area contributed by atoms with E-state index >= 15 is 0 Å². The summed E-state index contributed by atoms with van der Waals surface area (Å²) in [5.74, 6) is 0.626. The summed E-state index contributed by atoms with van der Waals surface area (Å²) in [6.45, 7) is 8.50. The van der Waals surface area contributed by atoms with E-state index in [0.29, 0.717) is 12.4 Å². The molecule has 0 aliphatic carbocycles. The lowest BCUT2D eigenvalue weighted by Gasteiger charge is -2.27. The first kappa shape index (κ1) is 12.9. The molecule has 0 amide bonds. The maximum atomic E-state index is 11.5. The number of aryl methyl sites for hydroxylation is 1. The van der Waals surface area contributed by atoms with Crippen molar-refractivity contribution in [3.63, 3.8) is 0 Å². The van der Waals surface area contributed by atoms with Crippen LogP contribution in [0.25, 0.3) is 0 Å². The second-order valence-corrected chi connectivity index (χ2v) is 3.96. The highest BCUT2D eigenvalue weighted by molar-refractivity contribution is 5.07. The van der Waals surface area contributed by atoms with Crippen LogP contribution < -0.4 is 5.56 Å². The molecule has 0 bridgehead atoms. The van der Waals surface area contributed by atoms with E-state index in [4.69, 9.17) is 4.74 Å². The zero-order valence-electron chi connectivity index (χ0n) is 10.5. The fourth-order valence-electron chi connectivity index (χ4n) is 1.60. The normalized spacial score (nSPS) is 14.8. The molecular formula is C12H20N2O2. The molecule has 1 N–H and O–H groups in total. The SMILES string of the molecule is CCOC(C)(CC)c1nc(CC)cc(=O)[nH]1. The van der Waals surface area contributed by atoms with E-state index in [-0.39, 0.29) is 5.56 Å². The summed E-state index contributed by atoms with van der Waals surface area (Å²) in [6.07, 6.45) is 1.53. The fraction of sp³-hybridized carbons (Fsp3) is 0.667. The van der Waals surface area contributed by atoms with Gasteiger partial charge in [-0.2, -0.15) is 0 Å². The van der Waals surface area contributed by atoms with E-state index in [1.165, 1.54) is 6.07 Å². The molecule has 0 aromatic carbocycles. The van der Waals surface area contributed by atoms with Crippen LogP contribution in [-0.4, -0.2) is 16.6 Å². The summed E-state index contributed by atoms with van der Waals surface area (Å²) >= 11 is 0. The maximum absolute atomic E-state index is 11.5. The van der Waals surface area contributed by atoms with E-state index < -0.39 is 5.60 Å². The van der Waals surface area contributed by atoms with Gasteiger partial charge in [-0.3, -0.25) is 4.79 Å². The Kier molecular flexibility index (Phi) is 4.24. The third-order valence-electron chi connectivity index (χ3n) is 2.80. The lowest BCUT2D eigenvalue weighted by Crippen LogP contribution is -2.31. The van der Waals surface area contributed by atoms with Crippen molar-refractivity contribution in [1.29, 1.82) is 0 Å². The van der Waals surface area contributed by atoms with Gasteiger partial charge in [0.2, 0.25) is 0 Å². The number of hydrogen-bond acceptors (Lipinski definition) is 3. The second-order valence-electron chi connectivity index (χ2n) is 3.96. The van der Waals surface area contributed by atoms with Crippen molar-refractivity contribution in [3.8, 4) is 0 Å². The van der Waals surface area contributed by atoms with Crippen molar-refractivity contribution in [3.05, 3.63) is 27.9 Å². The lowest BCUT2D eigenvalue weighted by atomic mass is 10.0. The van der Waals surface area contributed by atoms with Crippen LogP contribution in [0.2, 0.25) is 0 Å². The van der Waals surface area contributed by atoms with Crippen molar-refractivity contribution < 1.29 is 4.74 Å². The standard InChI is InChI=1S/C12H20N2O2/c1-5-9-8-10(15)14-11(13-9)12(4,6-2)16-7-3/h8H,5-7H2,1-4H3,(H,13,14,15). The summed E-state index contributed by atoms with van der Waals surface area (Å²) in [5.41, 5.74) is 0.193. The molecule has 0 fully saturated rings. The molecule has 1 unspecified atom stereocenters. The molecule has 1 aromatic rings. The fourth-order valence-corrected chi connectivity index (χ4v) is 1.60. The van der Waals surface area contributed by atoms with Gasteiger partial charge in [0.05, 0.1) is 0 Å². The minimum absolute atomic E-state index is 0.110. The number of nitrogens with zero attached hydrogens (tertiary/aromatic N) is 1. The predicted molar refractivity (Wildman–Crippen MR) is 63.5 cm³/mol. The zero-order valence-corrected chi connectivity index (χ0v) is 10.5. The Bertz CT molecular complexity index is 400. The van der Waals surface area contributed by atoms with Crippen LogP contribution in [0, 0.1) is 0 Å². The molecule has 0 saturated carbocycles. The number of rotatable bonds is 5. The second kappa shape index (κ2) is 5.25.